The number of thiophene rings is 1. The average Bonchev–Trinajstić information content (AvgIpc) is 3.35. The minimum atomic E-state index is -0.583. The van der Waals surface area contributed by atoms with Gasteiger partial charge in [0, 0.05) is 25.7 Å². The number of carbonyl (C=O) groups excluding carboxylic acids is 2. The van der Waals surface area contributed by atoms with E-state index in [9.17, 15) is 9.59 Å². The number of aliphatic imine (C=N–C) groups is 1. The summed E-state index contributed by atoms with van der Waals surface area (Å²) in [6, 6.07) is 18.5. The maximum absolute atomic E-state index is 13.0. The van der Waals surface area contributed by atoms with E-state index in [4.69, 9.17) is 21.1 Å². The van der Waals surface area contributed by atoms with Gasteiger partial charge in [-0.3, -0.25) is 0 Å². The first-order chi connectivity index (χ1) is 16.8. The SMILES string of the molecule is Cc1ccc(C2=N/C(=C/c3cc(Br)ccc3OC(=O)c3sc4cc(C)ccc4c3Cl)C(=O)O2)cc1. The Hall–Kier alpha value is -3.26. The Labute approximate surface area is 218 Å². The number of halogens is 2. The fourth-order valence-electron chi connectivity index (χ4n) is 3.55. The van der Waals surface area contributed by atoms with Gasteiger partial charge in [-0.05, 0) is 61.9 Å². The van der Waals surface area contributed by atoms with E-state index in [0.717, 1.165) is 25.7 Å². The molecule has 3 aromatic carbocycles. The van der Waals surface area contributed by atoms with Gasteiger partial charge in [0.15, 0.2) is 5.70 Å². The molecule has 4 aromatic rings. The smallest absolute Gasteiger partial charge is 0.363 e. The van der Waals surface area contributed by atoms with Gasteiger partial charge in [0.05, 0.1) is 5.02 Å². The highest BCUT2D eigenvalue weighted by Gasteiger charge is 2.25. The molecule has 0 saturated heterocycles. The first-order valence-corrected chi connectivity index (χ1v) is 12.6. The zero-order chi connectivity index (χ0) is 24.7. The molecule has 35 heavy (non-hydrogen) atoms. The number of nitrogens with zero attached hydrogens (tertiary/aromatic N) is 1. The van der Waals surface area contributed by atoms with Gasteiger partial charge < -0.3 is 9.47 Å². The van der Waals surface area contributed by atoms with Crippen LogP contribution in [-0.2, 0) is 9.53 Å². The summed E-state index contributed by atoms with van der Waals surface area (Å²) in [5, 5.41) is 1.16. The summed E-state index contributed by atoms with van der Waals surface area (Å²) in [5.74, 6) is -0.668. The molecule has 0 bridgehead atoms. The van der Waals surface area contributed by atoms with Gasteiger partial charge in [0.1, 0.15) is 10.6 Å². The minimum absolute atomic E-state index is 0.103. The van der Waals surface area contributed by atoms with Crippen LogP contribution < -0.4 is 4.74 Å². The summed E-state index contributed by atoms with van der Waals surface area (Å²) >= 11 is 11.2. The van der Waals surface area contributed by atoms with Gasteiger partial charge in [0.2, 0.25) is 5.90 Å². The van der Waals surface area contributed by atoms with Crippen molar-refractivity contribution in [3.05, 3.63) is 103 Å². The molecule has 5 rings (SSSR count). The van der Waals surface area contributed by atoms with Gasteiger partial charge >= 0.3 is 11.9 Å². The summed E-state index contributed by atoms with van der Waals surface area (Å²) < 4.78 is 12.7. The normalized spacial score (nSPS) is 14.3. The zero-order valence-electron chi connectivity index (χ0n) is 18.6. The number of carbonyl (C=O) groups is 2. The van der Waals surface area contributed by atoms with Gasteiger partial charge in [-0.25, -0.2) is 14.6 Å². The zero-order valence-corrected chi connectivity index (χ0v) is 21.8. The van der Waals surface area contributed by atoms with Crippen LogP contribution in [-0.4, -0.2) is 17.8 Å². The first kappa shape index (κ1) is 23.5. The van der Waals surface area contributed by atoms with E-state index in [1.807, 2.05) is 56.3 Å². The average molecular weight is 567 g/mol. The number of benzene rings is 3. The van der Waals surface area contributed by atoms with Crippen molar-refractivity contribution >= 4 is 72.9 Å². The van der Waals surface area contributed by atoms with Gasteiger partial charge in [-0.1, -0.05) is 57.4 Å². The van der Waals surface area contributed by atoms with Crippen LogP contribution in [0.4, 0.5) is 0 Å². The maximum atomic E-state index is 13.0. The summed E-state index contributed by atoms with van der Waals surface area (Å²) in [4.78, 5) is 30.2. The molecule has 0 N–H and O–H groups in total. The monoisotopic (exact) mass is 565 g/mol. The van der Waals surface area contributed by atoms with Crippen LogP contribution in [0.2, 0.25) is 5.02 Å². The van der Waals surface area contributed by atoms with Crippen molar-refractivity contribution in [2.24, 2.45) is 4.99 Å². The number of fused-ring (bicyclic) bond motifs is 1. The molecule has 174 valence electrons. The van der Waals surface area contributed by atoms with E-state index < -0.39 is 11.9 Å². The molecular formula is C27H17BrClNO4S. The second-order valence-corrected chi connectivity index (χ2v) is 10.4. The molecule has 1 aliphatic heterocycles. The Bertz CT molecular complexity index is 1570. The van der Waals surface area contributed by atoms with Crippen LogP contribution in [0.3, 0.4) is 0 Å². The van der Waals surface area contributed by atoms with E-state index in [-0.39, 0.29) is 17.3 Å². The number of esters is 2. The van der Waals surface area contributed by atoms with E-state index >= 15 is 0 Å². The Kier molecular flexibility index (Phi) is 6.32. The largest absolute Gasteiger partial charge is 0.422 e. The number of cyclic esters (lactones) is 1. The van der Waals surface area contributed by atoms with Crippen molar-refractivity contribution in [2.45, 2.75) is 13.8 Å². The van der Waals surface area contributed by atoms with Crippen molar-refractivity contribution in [2.75, 3.05) is 0 Å². The highest BCUT2D eigenvalue weighted by Crippen LogP contribution is 2.37. The van der Waals surface area contributed by atoms with Crippen molar-refractivity contribution in [1.29, 1.82) is 0 Å². The molecule has 0 radical (unpaired) electrons. The fourth-order valence-corrected chi connectivity index (χ4v) is 5.41. The molecule has 2 heterocycles. The van der Waals surface area contributed by atoms with Crippen LogP contribution >= 0.6 is 38.9 Å². The Morgan fingerprint density at radius 3 is 2.57 bits per heavy atom. The molecule has 0 saturated carbocycles. The fraction of sp³-hybridized carbons (Fsp3) is 0.0741. The highest BCUT2D eigenvalue weighted by molar-refractivity contribution is 9.10. The third kappa shape index (κ3) is 4.80. The second kappa shape index (κ2) is 9.41. The predicted octanol–water partition coefficient (Wildman–Crippen LogP) is 7.50. The van der Waals surface area contributed by atoms with Crippen LogP contribution in [0, 0.1) is 13.8 Å². The van der Waals surface area contributed by atoms with Gasteiger partial charge in [-0.15, -0.1) is 11.3 Å². The van der Waals surface area contributed by atoms with Crippen molar-refractivity contribution in [3.63, 3.8) is 0 Å². The molecule has 0 aliphatic carbocycles. The Morgan fingerprint density at radius 2 is 1.80 bits per heavy atom. The summed E-state index contributed by atoms with van der Waals surface area (Å²) in [6.07, 6.45) is 1.53. The summed E-state index contributed by atoms with van der Waals surface area (Å²) in [7, 11) is 0. The van der Waals surface area contributed by atoms with Gasteiger partial charge in [-0.2, -0.15) is 0 Å². The maximum Gasteiger partial charge on any atom is 0.363 e. The minimum Gasteiger partial charge on any atom is -0.422 e. The topological polar surface area (TPSA) is 65.0 Å². The lowest BCUT2D eigenvalue weighted by molar-refractivity contribution is -0.129. The van der Waals surface area contributed by atoms with Crippen LogP contribution in [0.15, 0.2) is 75.8 Å². The lowest BCUT2D eigenvalue weighted by atomic mass is 10.1. The molecule has 0 amide bonds. The standard InChI is InChI=1S/C27H17BrClNO4S/c1-14-3-6-16(7-4-14)25-30-20(26(31)34-25)13-17-12-18(28)8-10-21(17)33-27(32)24-23(29)19-9-5-15(2)11-22(19)35-24/h3-13H,1-2H3/b20-13+. The molecular weight excluding hydrogens is 550 g/mol. The molecule has 0 spiro atoms. The predicted molar refractivity (Wildman–Crippen MR) is 142 cm³/mol. The van der Waals surface area contributed by atoms with Crippen LogP contribution in [0.25, 0.3) is 16.2 Å². The van der Waals surface area contributed by atoms with Crippen molar-refractivity contribution in [1.82, 2.24) is 0 Å². The summed E-state index contributed by atoms with van der Waals surface area (Å²) in [6.45, 7) is 3.95. The van der Waals surface area contributed by atoms with Crippen LogP contribution in [0.5, 0.6) is 5.75 Å². The number of hydrogen-bond donors (Lipinski definition) is 0. The van der Waals surface area contributed by atoms with E-state index in [0.29, 0.717) is 21.0 Å². The molecule has 0 fully saturated rings. The molecule has 8 heteroatoms. The Balaban J connectivity index is 1.47. The van der Waals surface area contributed by atoms with Gasteiger partial charge in [0.25, 0.3) is 0 Å². The second-order valence-electron chi connectivity index (χ2n) is 8.02. The van der Waals surface area contributed by atoms with E-state index in [1.54, 1.807) is 18.2 Å². The van der Waals surface area contributed by atoms with E-state index in [2.05, 4.69) is 20.9 Å². The highest BCUT2D eigenvalue weighted by atomic mass is 79.9. The third-order valence-corrected chi connectivity index (χ3v) is 7.49. The number of ether oxygens (including phenoxy) is 2. The summed E-state index contributed by atoms with van der Waals surface area (Å²) in [5.41, 5.74) is 3.45. The molecule has 0 atom stereocenters. The lowest BCUT2D eigenvalue weighted by Crippen LogP contribution is -2.08. The number of hydrogen-bond acceptors (Lipinski definition) is 6. The molecule has 1 aliphatic rings. The first-order valence-electron chi connectivity index (χ1n) is 10.6. The van der Waals surface area contributed by atoms with Crippen molar-refractivity contribution in [3.8, 4) is 5.75 Å². The molecule has 0 unspecified atom stereocenters. The van der Waals surface area contributed by atoms with Crippen molar-refractivity contribution < 1.29 is 19.1 Å². The number of rotatable bonds is 4. The third-order valence-electron chi connectivity index (χ3n) is 5.36. The van der Waals surface area contributed by atoms with E-state index in [1.165, 1.54) is 17.4 Å². The molecule has 5 nitrogen and oxygen atoms in total. The number of aryl methyl sites for hydroxylation is 2. The lowest BCUT2D eigenvalue weighted by Gasteiger charge is -2.08. The van der Waals surface area contributed by atoms with Crippen LogP contribution in [0.1, 0.15) is 31.9 Å². The molecule has 1 aromatic heterocycles. The Morgan fingerprint density at radius 1 is 1.06 bits per heavy atom. The quantitative estimate of drug-likeness (QED) is 0.146.